The summed E-state index contributed by atoms with van der Waals surface area (Å²) in [6, 6.07) is 5.60. The minimum absolute atomic E-state index is 0.0798. The van der Waals surface area contributed by atoms with Crippen LogP contribution in [0.5, 0.6) is 0 Å². The van der Waals surface area contributed by atoms with Crippen LogP contribution in [0.15, 0.2) is 24.3 Å². The minimum Gasteiger partial charge on any atom is -0.452 e. The first-order valence-electron chi connectivity index (χ1n) is 8.77. The lowest BCUT2D eigenvalue weighted by Crippen LogP contribution is -2.50. The monoisotopic (exact) mass is 346 g/mol. The molecule has 0 radical (unpaired) electrons. The van der Waals surface area contributed by atoms with Crippen LogP contribution in [0.3, 0.4) is 0 Å². The third-order valence-electron chi connectivity index (χ3n) is 5.18. The van der Waals surface area contributed by atoms with E-state index in [0.29, 0.717) is 12.5 Å². The average molecular weight is 346 g/mol. The van der Waals surface area contributed by atoms with Gasteiger partial charge < -0.3 is 9.64 Å². The SMILES string of the molecule is O=C(OCC(=O)N1CCC[C@H]2CCCC[C@H]21)c1cccc([N+](=O)[O-])c1. The molecule has 7 heteroatoms. The van der Waals surface area contributed by atoms with E-state index in [1.807, 2.05) is 4.90 Å². The van der Waals surface area contributed by atoms with E-state index >= 15 is 0 Å². The molecule has 1 saturated carbocycles. The van der Waals surface area contributed by atoms with Crippen molar-refractivity contribution >= 4 is 17.6 Å². The number of esters is 1. The van der Waals surface area contributed by atoms with Crippen molar-refractivity contribution in [3.8, 4) is 0 Å². The van der Waals surface area contributed by atoms with E-state index in [1.54, 1.807) is 0 Å². The molecular formula is C18H22N2O5. The van der Waals surface area contributed by atoms with Crippen LogP contribution in [0.2, 0.25) is 0 Å². The standard InChI is InChI=1S/C18H22N2O5/c21-17(19-10-4-7-13-5-1-2-9-16(13)19)12-25-18(22)14-6-3-8-15(11-14)20(23)24/h3,6,8,11,13,16H,1-2,4-5,7,9-10,12H2/t13-,16-/m1/s1. The van der Waals surface area contributed by atoms with E-state index < -0.39 is 10.9 Å². The molecule has 0 aromatic heterocycles. The third kappa shape index (κ3) is 3.97. The van der Waals surface area contributed by atoms with Crippen molar-refractivity contribution in [2.45, 2.75) is 44.6 Å². The number of nitro groups is 1. The van der Waals surface area contributed by atoms with Gasteiger partial charge in [-0.25, -0.2) is 4.79 Å². The Balaban J connectivity index is 1.59. The van der Waals surface area contributed by atoms with Crippen LogP contribution in [0.1, 0.15) is 48.9 Å². The molecule has 1 saturated heterocycles. The van der Waals surface area contributed by atoms with Crippen LogP contribution < -0.4 is 0 Å². The predicted molar refractivity (Wildman–Crippen MR) is 90.1 cm³/mol. The van der Waals surface area contributed by atoms with E-state index in [0.717, 1.165) is 25.3 Å². The molecule has 2 fully saturated rings. The number of fused-ring (bicyclic) bond motifs is 1. The number of amides is 1. The Kier molecular flexibility index (Phi) is 5.31. The zero-order valence-corrected chi connectivity index (χ0v) is 14.1. The van der Waals surface area contributed by atoms with Crippen LogP contribution in [-0.4, -0.2) is 40.9 Å². The summed E-state index contributed by atoms with van der Waals surface area (Å²) in [6.45, 7) is 0.402. The topological polar surface area (TPSA) is 89.8 Å². The van der Waals surface area contributed by atoms with Gasteiger partial charge in [-0.15, -0.1) is 0 Å². The molecule has 1 aliphatic carbocycles. The Labute approximate surface area is 146 Å². The largest absolute Gasteiger partial charge is 0.452 e. The summed E-state index contributed by atoms with van der Waals surface area (Å²) in [7, 11) is 0. The van der Waals surface area contributed by atoms with Gasteiger partial charge in [-0.05, 0) is 37.7 Å². The highest BCUT2D eigenvalue weighted by Crippen LogP contribution is 2.35. The van der Waals surface area contributed by atoms with E-state index in [2.05, 4.69) is 0 Å². The fraction of sp³-hybridized carbons (Fsp3) is 0.556. The van der Waals surface area contributed by atoms with Gasteiger partial charge in [0, 0.05) is 24.7 Å². The van der Waals surface area contributed by atoms with Gasteiger partial charge in [0.25, 0.3) is 11.6 Å². The molecule has 1 amide bonds. The third-order valence-corrected chi connectivity index (χ3v) is 5.18. The molecule has 0 spiro atoms. The number of nitrogens with zero attached hydrogens (tertiary/aromatic N) is 2. The van der Waals surface area contributed by atoms with Crippen LogP contribution in [0.25, 0.3) is 0 Å². The summed E-state index contributed by atoms with van der Waals surface area (Å²) < 4.78 is 5.10. The number of likely N-dealkylation sites (tertiary alicyclic amines) is 1. The summed E-state index contributed by atoms with van der Waals surface area (Å²) in [6.07, 6.45) is 6.72. The molecule has 7 nitrogen and oxygen atoms in total. The van der Waals surface area contributed by atoms with E-state index in [1.165, 1.54) is 37.5 Å². The predicted octanol–water partition coefficient (Wildman–Crippen LogP) is 2.93. The van der Waals surface area contributed by atoms with Crippen molar-refractivity contribution in [1.29, 1.82) is 0 Å². The second-order valence-corrected chi connectivity index (χ2v) is 6.72. The highest BCUT2D eigenvalue weighted by Gasteiger charge is 2.35. The van der Waals surface area contributed by atoms with Gasteiger partial charge >= 0.3 is 5.97 Å². The lowest BCUT2D eigenvalue weighted by molar-refractivity contribution is -0.384. The first-order valence-corrected chi connectivity index (χ1v) is 8.77. The molecule has 1 aromatic rings. The van der Waals surface area contributed by atoms with Crippen molar-refractivity contribution in [2.24, 2.45) is 5.92 Å². The smallest absolute Gasteiger partial charge is 0.338 e. The average Bonchev–Trinajstić information content (AvgIpc) is 2.65. The van der Waals surface area contributed by atoms with Gasteiger partial charge in [-0.1, -0.05) is 18.9 Å². The Morgan fingerprint density at radius 1 is 1.20 bits per heavy atom. The highest BCUT2D eigenvalue weighted by atomic mass is 16.6. The number of nitro benzene ring substituents is 1. The number of carbonyl (C=O) groups excluding carboxylic acids is 2. The molecule has 1 heterocycles. The number of rotatable bonds is 4. The summed E-state index contributed by atoms with van der Waals surface area (Å²) in [5.74, 6) is -0.316. The number of benzene rings is 1. The molecule has 3 rings (SSSR count). The van der Waals surface area contributed by atoms with Crippen molar-refractivity contribution in [3.63, 3.8) is 0 Å². The molecule has 0 bridgehead atoms. The second-order valence-electron chi connectivity index (χ2n) is 6.72. The van der Waals surface area contributed by atoms with Gasteiger partial charge in [-0.2, -0.15) is 0 Å². The Morgan fingerprint density at radius 3 is 2.76 bits per heavy atom. The van der Waals surface area contributed by atoms with E-state index in [4.69, 9.17) is 4.74 Å². The molecule has 134 valence electrons. The van der Waals surface area contributed by atoms with Gasteiger partial charge in [-0.3, -0.25) is 14.9 Å². The summed E-state index contributed by atoms with van der Waals surface area (Å²) in [4.78, 5) is 36.7. The van der Waals surface area contributed by atoms with E-state index in [9.17, 15) is 19.7 Å². The van der Waals surface area contributed by atoms with Crippen LogP contribution >= 0.6 is 0 Å². The Hall–Kier alpha value is -2.44. The first-order chi connectivity index (χ1) is 12.1. The highest BCUT2D eigenvalue weighted by molar-refractivity contribution is 5.92. The minimum atomic E-state index is -0.714. The maximum absolute atomic E-state index is 12.5. The summed E-state index contributed by atoms with van der Waals surface area (Å²) in [5.41, 5.74) is -0.0990. The van der Waals surface area contributed by atoms with Gasteiger partial charge in [0.05, 0.1) is 10.5 Å². The van der Waals surface area contributed by atoms with Crippen LogP contribution in [-0.2, 0) is 9.53 Å². The zero-order chi connectivity index (χ0) is 17.8. The number of carbonyl (C=O) groups is 2. The molecule has 2 aliphatic rings. The van der Waals surface area contributed by atoms with E-state index in [-0.39, 0.29) is 29.8 Å². The van der Waals surface area contributed by atoms with Crippen molar-refractivity contribution < 1.29 is 19.2 Å². The summed E-state index contributed by atoms with van der Waals surface area (Å²) >= 11 is 0. The maximum Gasteiger partial charge on any atom is 0.338 e. The summed E-state index contributed by atoms with van der Waals surface area (Å²) in [5, 5.41) is 10.8. The molecule has 0 N–H and O–H groups in total. The molecule has 25 heavy (non-hydrogen) atoms. The molecule has 0 unspecified atom stereocenters. The fourth-order valence-corrected chi connectivity index (χ4v) is 3.97. The first kappa shape index (κ1) is 17.4. The molecule has 1 aliphatic heterocycles. The normalized spacial score (nSPS) is 22.8. The van der Waals surface area contributed by atoms with Crippen molar-refractivity contribution in [1.82, 2.24) is 4.90 Å². The Bertz CT molecular complexity index is 673. The number of ether oxygens (including phenoxy) is 1. The molecule has 2 atom stereocenters. The lowest BCUT2D eigenvalue weighted by atomic mass is 9.78. The zero-order valence-electron chi connectivity index (χ0n) is 14.1. The number of hydrogen-bond donors (Lipinski definition) is 0. The van der Waals surface area contributed by atoms with Gasteiger partial charge in [0.15, 0.2) is 6.61 Å². The number of hydrogen-bond acceptors (Lipinski definition) is 5. The molecular weight excluding hydrogens is 324 g/mol. The number of non-ortho nitro benzene ring substituents is 1. The van der Waals surface area contributed by atoms with Crippen molar-refractivity contribution in [3.05, 3.63) is 39.9 Å². The lowest BCUT2D eigenvalue weighted by Gasteiger charge is -2.44. The molecule has 1 aromatic carbocycles. The van der Waals surface area contributed by atoms with Crippen LogP contribution in [0.4, 0.5) is 5.69 Å². The second kappa shape index (κ2) is 7.63. The van der Waals surface area contributed by atoms with Gasteiger partial charge in [0.1, 0.15) is 0 Å². The quantitative estimate of drug-likeness (QED) is 0.475. The number of piperidine rings is 1. The Morgan fingerprint density at radius 2 is 1.96 bits per heavy atom. The maximum atomic E-state index is 12.5. The van der Waals surface area contributed by atoms with Crippen LogP contribution in [0, 0.1) is 16.0 Å². The fourth-order valence-electron chi connectivity index (χ4n) is 3.97. The van der Waals surface area contributed by atoms with Crippen molar-refractivity contribution in [2.75, 3.05) is 13.2 Å². The van der Waals surface area contributed by atoms with Gasteiger partial charge in [0.2, 0.25) is 0 Å².